The van der Waals surface area contributed by atoms with Crippen LogP contribution in [-0.4, -0.2) is 25.1 Å². The van der Waals surface area contributed by atoms with Gasteiger partial charge in [0.1, 0.15) is 0 Å². The molecule has 1 aromatic rings. The highest BCUT2D eigenvalue weighted by Gasteiger charge is 2.47. The molecule has 3 nitrogen and oxygen atoms in total. The molecule has 3 heteroatoms. The lowest BCUT2D eigenvalue weighted by Crippen LogP contribution is -2.45. The van der Waals surface area contributed by atoms with Crippen LogP contribution in [0.25, 0.3) is 0 Å². The maximum absolute atomic E-state index is 6.11. The molecular formula is C15H20O3. The van der Waals surface area contributed by atoms with Crippen molar-refractivity contribution in [2.75, 3.05) is 6.61 Å². The van der Waals surface area contributed by atoms with Crippen molar-refractivity contribution in [3.05, 3.63) is 35.9 Å². The smallest absolute Gasteiger partial charge is 0.163 e. The third-order valence-electron chi connectivity index (χ3n) is 4.07. The Morgan fingerprint density at radius 3 is 2.72 bits per heavy atom. The van der Waals surface area contributed by atoms with E-state index in [0.29, 0.717) is 25.0 Å². The summed E-state index contributed by atoms with van der Waals surface area (Å²) in [6.07, 6.45) is 0.343. The minimum Gasteiger partial charge on any atom is -0.373 e. The zero-order chi connectivity index (χ0) is 12.5. The predicted molar refractivity (Wildman–Crippen MR) is 68.0 cm³/mol. The van der Waals surface area contributed by atoms with E-state index in [1.807, 2.05) is 18.2 Å². The molecule has 1 aromatic carbocycles. The van der Waals surface area contributed by atoms with E-state index in [1.165, 1.54) is 5.56 Å². The molecule has 2 aliphatic rings. The minimum atomic E-state index is -0.0769. The summed E-state index contributed by atoms with van der Waals surface area (Å²) in [6.45, 7) is 5.72. The van der Waals surface area contributed by atoms with Crippen LogP contribution in [0.15, 0.2) is 30.3 Å². The summed E-state index contributed by atoms with van der Waals surface area (Å²) < 4.78 is 17.6. The molecule has 0 radical (unpaired) electrons. The number of hydrogen-bond acceptors (Lipinski definition) is 3. The van der Waals surface area contributed by atoms with Crippen LogP contribution in [0.3, 0.4) is 0 Å². The molecule has 0 saturated carbocycles. The maximum Gasteiger partial charge on any atom is 0.163 e. The lowest BCUT2D eigenvalue weighted by Gasteiger charge is -2.37. The summed E-state index contributed by atoms with van der Waals surface area (Å²) in [6, 6.07) is 10.3. The predicted octanol–water partition coefficient (Wildman–Crippen LogP) is 2.60. The second kappa shape index (κ2) is 5.00. The van der Waals surface area contributed by atoms with Crippen molar-refractivity contribution in [3.63, 3.8) is 0 Å². The summed E-state index contributed by atoms with van der Waals surface area (Å²) in [5, 5.41) is 0. The maximum atomic E-state index is 6.11. The van der Waals surface area contributed by atoms with Gasteiger partial charge in [0.15, 0.2) is 6.29 Å². The van der Waals surface area contributed by atoms with Crippen molar-refractivity contribution >= 4 is 0 Å². The fourth-order valence-electron chi connectivity index (χ4n) is 2.91. The molecule has 3 rings (SSSR count). The highest BCUT2D eigenvalue weighted by molar-refractivity contribution is 5.13. The minimum absolute atomic E-state index is 0.0769. The van der Waals surface area contributed by atoms with Crippen molar-refractivity contribution in [2.45, 2.75) is 39.0 Å². The van der Waals surface area contributed by atoms with Crippen molar-refractivity contribution in [1.29, 1.82) is 0 Å². The van der Waals surface area contributed by atoms with Gasteiger partial charge in [0.05, 0.1) is 25.4 Å². The third kappa shape index (κ3) is 2.18. The fraction of sp³-hybridized carbons (Fsp3) is 0.600. The Morgan fingerprint density at radius 2 is 1.94 bits per heavy atom. The van der Waals surface area contributed by atoms with Crippen LogP contribution < -0.4 is 0 Å². The SMILES string of the molecule is C[C@@H]1[C@H]2OC[C@H](O2)[C@@H](C)[C@H]1OCc1ccccc1. The molecule has 2 heterocycles. The summed E-state index contributed by atoms with van der Waals surface area (Å²) in [5.41, 5.74) is 1.22. The zero-order valence-electron chi connectivity index (χ0n) is 10.9. The summed E-state index contributed by atoms with van der Waals surface area (Å²) >= 11 is 0. The fourth-order valence-corrected chi connectivity index (χ4v) is 2.91. The Bertz CT molecular complexity index is 376. The van der Waals surface area contributed by atoms with E-state index in [0.717, 1.165) is 0 Å². The molecule has 0 aromatic heterocycles. The van der Waals surface area contributed by atoms with E-state index < -0.39 is 0 Å². The standard InChI is InChI=1S/C15H20O3/c1-10-13-9-17-15(18-13)11(2)14(10)16-8-12-6-4-3-5-7-12/h3-7,10-11,13-15H,8-9H2,1-2H3/t10-,11+,13+,14-,15+/m1/s1. The van der Waals surface area contributed by atoms with Gasteiger partial charge in [0.2, 0.25) is 0 Å². The molecular weight excluding hydrogens is 228 g/mol. The van der Waals surface area contributed by atoms with Gasteiger partial charge in [0, 0.05) is 11.8 Å². The highest BCUT2D eigenvalue weighted by Crippen LogP contribution is 2.37. The second-order valence-corrected chi connectivity index (χ2v) is 5.36. The average Bonchev–Trinajstić information content (AvgIpc) is 2.85. The van der Waals surface area contributed by atoms with E-state index in [2.05, 4.69) is 26.0 Å². The van der Waals surface area contributed by atoms with Gasteiger partial charge in [0.25, 0.3) is 0 Å². The van der Waals surface area contributed by atoms with Crippen LogP contribution >= 0.6 is 0 Å². The van der Waals surface area contributed by atoms with E-state index in [-0.39, 0.29) is 18.5 Å². The van der Waals surface area contributed by atoms with Crippen LogP contribution in [0.4, 0.5) is 0 Å². The molecule has 2 fully saturated rings. The van der Waals surface area contributed by atoms with Crippen molar-refractivity contribution < 1.29 is 14.2 Å². The van der Waals surface area contributed by atoms with E-state index in [1.54, 1.807) is 0 Å². The molecule has 98 valence electrons. The number of fused-ring (bicyclic) bond motifs is 2. The first-order valence-corrected chi connectivity index (χ1v) is 6.68. The molecule has 5 atom stereocenters. The molecule has 0 aliphatic carbocycles. The van der Waals surface area contributed by atoms with Gasteiger partial charge < -0.3 is 14.2 Å². The Morgan fingerprint density at radius 1 is 1.17 bits per heavy atom. The van der Waals surface area contributed by atoms with Crippen LogP contribution in [0.2, 0.25) is 0 Å². The first-order valence-electron chi connectivity index (χ1n) is 6.68. The van der Waals surface area contributed by atoms with Gasteiger partial charge in [-0.15, -0.1) is 0 Å². The number of rotatable bonds is 3. The van der Waals surface area contributed by atoms with Gasteiger partial charge in [-0.2, -0.15) is 0 Å². The number of benzene rings is 1. The van der Waals surface area contributed by atoms with Crippen LogP contribution in [-0.2, 0) is 20.8 Å². The second-order valence-electron chi connectivity index (χ2n) is 5.36. The summed E-state index contributed by atoms with van der Waals surface area (Å²) in [7, 11) is 0. The lowest BCUT2D eigenvalue weighted by molar-refractivity contribution is -0.193. The quantitative estimate of drug-likeness (QED) is 0.823. The molecule has 2 aliphatic heterocycles. The molecule has 0 unspecified atom stereocenters. The normalized spacial score (nSPS) is 38.9. The van der Waals surface area contributed by atoms with Gasteiger partial charge in [-0.25, -0.2) is 0 Å². The molecule has 0 spiro atoms. The highest BCUT2D eigenvalue weighted by atomic mass is 16.7. The van der Waals surface area contributed by atoms with Gasteiger partial charge >= 0.3 is 0 Å². The summed E-state index contributed by atoms with van der Waals surface area (Å²) in [5.74, 6) is 0.685. The first kappa shape index (κ1) is 12.2. The van der Waals surface area contributed by atoms with Crippen LogP contribution in [0.5, 0.6) is 0 Å². The molecule has 18 heavy (non-hydrogen) atoms. The first-order chi connectivity index (χ1) is 8.75. The summed E-state index contributed by atoms with van der Waals surface area (Å²) in [4.78, 5) is 0. The Labute approximate surface area is 108 Å². The van der Waals surface area contributed by atoms with Gasteiger partial charge in [-0.3, -0.25) is 0 Å². The average molecular weight is 248 g/mol. The molecule has 2 saturated heterocycles. The Hall–Kier alpha value is -0.900. The molecule has 2 bridgehead atoms. The van der Waals surface area contributed by atoms with E-state index in [4.69, 9.17) is 14.2 Å². The largest absolute Gasteiger partial charge is 0.373 e. The van der Waals surface area contributed by atoms with Crippen molar-refractivity contribution in [3.8, 4) is 0 Å². The van der Waals surface area contributed by atoms with Crippen molar-refractivity contribution in [1.82, 2.24) is 0 Å². The van der Waals surface area contributed by atoms with Gasteiger partial charge in [-0.1, -0.05) is 44.2 Å². The number of hydrogen-bond donors (Lipinski definition) is 0. The third-order valence-corrected chi connectivity index (χ3v) is 4.07. The van der Waals surface area contributed by atoms with Crippen LogP contribution in [0.1, 0.15) is 19.4 Å². The molecule has 0 amide bonds. The van der Waals surface area contributed by atoms with Crippen molar-refractivity contribution in [2.24, 2.45) is 11.8 Å². The monoisotopic (exact) mass is 248 g/mol. The number of ether oxygens (including phenoxy) is 3. The van der Waals surface area contributed by atoms with Crippen LogP contribution in [0, 0.1) is 11.8 Å². The topological polar surface area (TPSA) is 27.7 Å². The zero-order valence-corrected chi connectivity index (χ0v) is 10.9. The Balaban J connectivity index is 1.65. The van der Waals surface area contributed by atoms with Gasteiger partial charge in [-0.05, 0) is 5.56 Å². The molecule has 0 N–H and O–H groups in total. The van der Waals surface area contributed by atoms with E-state index >= 15 is 0 Å². The lowest BCUT2D eigenvalue weighted by atomic mass is 9.87. The Kier molecular flexibility index (Phi) is 3.37. The van der Waals surface area contributed by atoms with E-state index in [9.17, 15) is 0 Å².